The second-order valence-electron chi connectivity index (χ2n) is 5.16. The van der Waals surface area contributed by atoms with Crippen LogP contribution in [0.2, 0.25) is 0 Å². The highest BCUT2D eigenvalue weighted by Crippen LogP contribution is 2.21. The quantitative estimate of drug-likeness (QED) is 0.692. The number of fused-ring (bicyclic) bond motifs is 1. The zero-order chi connectivity index (χ0) is 16.4. The lowest BCUT2D eigenvalue weighted by molar-refractivity contribution is -0.130. The van der Waals surface area contributed by atoms with Crippen molar-refractivity contribution in [3.05, 3.63) is 30.0 Å². The minimum Gasteiger partial charge on any atom is -0.497 e. The van der Waals surface area contributed by atoms with Crippen LogP contribution in [0, 0.1) is 0 Å². The highest BCUT2D eigenvalue weighted by Gasteiger charge is 2.29. The topological polar surface area (TPSA) is 104 Å². The van der Waals surface area contributed by atoms with Gasteiger partial charge in [-0.3, -0.25) is 14.5 Å². The summed E-state index contributed by atoms with van der Waals surface area (Å²) in [7, 11) is 1.60. The molecule has 1 aliphatic rings. The maximum Gasteiger partial charge on any atom is 0.325 e. The van der Waals surface area contributed by atoms with Gasteiger partial charge in [-0.25, -0.2) is 4.79 Å². The first kappa shape index (κ1) is 14.9. The molecule has 4 amide bonds. The number of rotatable bonds is 5. The van der Waals surface area contributed by atoms with Gasteiger partial charge in [-0.1, -0.05) is 0 Å². The number of urea groups is 1. The fourth-order valence-electron chi connectivity index (χ4n) is 2.40. The summed E-state index contributed by atoms with van der Waals surface area (Å²) in [5, 5.41) is 6.02. The molecule has 3 rings (SSSR count). The third-order valence-electron chi connectivity index (χ3n) is 3.60. The smallest absolute Gasteiger partial charge is 0.325 e. The zero-order valence-electron chi connectivity index (χ0n) is 12.5. The van der Waals surface area contributed by atoms with Gasteiger partial charge in [-0.05, 0) is 24.3 Å². The van der Waals surface area contributed by atoms with Gasteiger partial charge >= 0.3 is 6.03 Å². The highest BCUT2D eigenvalue weighted by atomic mass is 16.5. The molecule has 1 aliphatic heterocycles. The first-order valence-corrected chi connectivity index (χ1v) is 7.07. The molecule has 1 aromatic heterocycles. The lowest BCUT2D eigenvalue weighted by Crippen LogP contribution is -2.40. The van der Waals surface area contributed by atoms with Crippen LogP contribution in [0.4, 0.5) is 4.79 Å². The van der Waals surface area contributed by atoms with Crippen LogP contribution in [0.5, 0.6) is 5.75 Å². The van der Waals surface area contributed by atoms with E-state index in [1.807, 2.05) is 24.3 Å². The van der Waals surface area contributed by atoms with Crippen molar-refractivity contribution >= 4 is 28.7 Å². The molecule has 0 spiro atoms. The summed E-state index contributed by atoms with van der Waals surface area (Å²) in [6.07, 6.45) is 0. The average molecular weight is 316 g/mol. The van der Waals surface area contributed by atoms with Crippen molar-refractivity contribution in [1.29, 1.82) is 0 Å². The Morgan fingerprint density at radius 3 is 2.87 bits per heavy atom. The van der Waals surface area contributed by atoms with Crippen molar-refractivity contribution in [3.63, 3.8) is 0 Å². The summed E-state index contributed by atoms with van der Waals surface area (Å²) in [5.74, 6) is -0.0415. The average Bonchev–Trinajstić information content (AvgIpc) is 3.09. The molecule has 2 aromatic rings. The predicted octanol–water partition coefficient (Wildman–Crippen LogP) is 0.345. The van der Waals surface area contributed by atoms with E-state index in [2.05, 4.69) is 15.6 Å². The van der Waals surface area contributed by atoms with Crippen LogP contribution in [0.25, 0.3) is 10.9 Å². The molecule has 0 radical (unpaired) electrons. The van der Waals surface area contributed by atoms with Gasteiger partial charge < -0.3 is 20.4 Å². The predicted molar refractivity (Wildman–Crippen MR) is 81.8 cm³/mol. The van der Waals surface area contributed by atoms with Gasteiger partial charge in [0, 0.05) is 16.6 Å². The molecule has 1 fully saturated rings. The number of imide groups is 1. The summed E-state index contributed by atoms with van der Waals surface area (Å²) >= 11 is 0. The number of aromatic nitrogens is 1. The van der Waals surface area contributed by atoms with Crippen LogP contribution in [0.3, 0.4) is 0 Å². The molecule has 1 aromatic carbocycles. The Morgan fingerprint density at radius 1 is 1.35 bits per heavy atom. The monoisotopic (exact) mass is 316 g/mol. The van der Waals surface area contributed by atoms with Crippen LogP contribution in [0.1, 0.15) is 5.69 Å². The molecule has 0 atom stereocenters. The van der Waals surface area contributed by atoms with E-state index in [0.717, 1.165) is 27.2 Å². The number of nitrogens with zero attached hydrogens (tertiary/aromatic N) is 1. The van der Waals surface area contributed by atoms with Gasteiger partial charge in [0.1, 0.15) is 12.3 Å². The lowest BCUT2D eigenvalue weighted by atomic mass is 10.2. The van der Waals surface area contributed by atoms with E-state index in [0.29, 0.717) is 0 Å². The van der Waals surface area contributed by atoms with E-state index in [1.165, 1.54) is 0 Å². The van der Waals surface area contributed by atoms with Gasteiger partial charge in [-0.15, -0.1) is 0 Å². The number of hydrogen-bond acceptors (Lipinski definition) is 4. The molecule has 8 heteroatoms. The Labute approximate surface area is 131 Å². The van der Waals surface area contributed by atoms with E-state index < -0.39 is 17.8 Å². The van der Waals surface area contributed by atoms with E-state index in [9.17, 15) is 14.4 Å². The van der Waals surface area contributed by atoms with E-state index in [-0.39, 0.29) is 19.6 Å². The Bertz CT molecular complexity index is 767. The van der Waals surface area contributed by atoms with Gasteiger partial charge in [0.25, 0.3) is 5.91 Å². The van der Waals surface area contributed by atoms with Crippen molar-refractivity contribution in [2.24, 2.45) is 0 Å². The van der Waals surface area contributed by atoms with Gasteiger partial charge in [-0.2, -0.15) is 0 Å². The lowest BCUT2D eigenvalue weighted by Gasteiger charge is -2.11. The molecule has 0 saturated carbocycles. The van der Waals surface area contributed by atoms with Crippen molar-refractivity contribution in [1.82, 2.24) is 20.5 Å². The number of aromatic amines is 1. The minimum absolute atomic E-state index is 0.0596. The fraction of sp³-hybridized carbons (Fsp3) is 0.267. The molecule has 0 unspecified atom stereocenters. The summed E-state index contributed by atoms with van der Waals surface area (Å²) in [6, 6.07) is 7.00. The third kappa shape index (κ3) is 3.10. The zero-order valence-corrected chi connectivity index (χ0v) is 12.5. The van der Waals surface area contributed by atoms with Gasteiger partial charge in [0.2, 0.25) is 5.91 Å². The first-order valence-electron chi connectivity index (χ1n) is 7.07. The standard InChI is InChI=1S/C15H16N4O4/c1-23-11-2-3-12-9(5-11)4-10(18-12)6-16-13(20)8-19-14(21)7-17-15(19)22/h2-5,18H,6-8H2,1H3,(H,16,20)(H,17,22). The van der Waals surface area contributed by atoms with Crippen molar-refractivity contribution in [3.8, 4) is 5.75 Å². The Kier molecular flexibility index (Phi) is 3.88. The molecule has 0 bridgehead atoms. The maximum absolute atomic E-state index is 11.9. The van der Waals surface area contributed by atoms with E-state index in [4.69, 9.17) is 4.74 Å². The van der Waals surface area contributed by atoms with E-state index >= 15 is 0 Å². The number of amides is 4. The van der Waals surface area contributed by atoms with Gasteiger partial charge in [0.05, 0.1) is 20.2 Å². The number of H-pyrrole nitrogens is 1. The molecule has 2 heterocycles. The number of methoxy groups -OCH3 is 1. The van der Waals surface area contributed by atoms with Crippen molar-refractivity contribution in [2.45, 2.75) is 6.54 Å². The molecule has 3 N–H and O–H groups in total. The number of nitrogens with one attached hydrogen (secondary N) is 3. The number of ether oxygens (including phenoxy) is 1. The number of benzene rings is 1. The number of hydrogen-bond donors (Lipinski definition) is 3. The first-order chi connectivity index (χ1) is 11.1. The maximum atomic E-state index is 11.9. The third-order valence-corrected chi connectivity index (χ3v) is 3.60. The fourth-order valence-corrected chi connectivity index (χ4v) is 2.40. The number of carbonyl (C=O) groups excluding carboxylic acids is 3. The molecule has 8 nitrogen and oxygen atoms in total. The normalized spacial score (nSPS) is 14.2. The highest BCUT2D eigenvalue weighted by molar-refractivity contribution is 6.04. The Hall–Kier alpha value is -3.03. The Balaban J connectivity index is 1.60. The Morgan fingerprint density at radius 2 is 2.17 bits per heavy atom. The van der Waals surface area contributed by atoms with E-state index in [1.54, 1.807) is 7.11 Å². The van der Waals surface area contributed by atoms with Crippen molar-refractivity contribution < 1.29 is 19.1 Å². The second-order valence-corrected chi connectivity index (χ2v) is 5.16. The van der Waals surface area contributed by atoms with Crippen LogP contribution >= 0.6 is 0 Å². The molecule has 23 heavy (non-hydrogen) atoms. The van der Waals surface area contributed by atoms with Crippen molar-refractivity contribution in [2.75, 3.05) is 20.2 Å². The molecule has 1 saturated heterocycles. The van der Waals surface area contributed by atoms with Gasteiger partial charge in [0.15, 0.2) is 0 Å². The van der Waals surface area contributed by atoms with Crippen LogP contribution < -0.4 is 15.4 Å². The second kappa shape index (κ2) is 5.99. The molecular weight excluding hydrogens is 300 g/mol. The van der Waals surface area contributed by atoms with Crippen LogP contribution in [-0.4, -0.2) is 47.9 Å². The largest absolute Gasteiger partial charge is 0.497 e. The van der Waals surface area contributed by atoms with Crippen LogP contribution in [-0.2, 0) is 16.1 Å². The minimum atomic E-state index is -0.539. The SMILES string of the molecule is COc1ccc2[nH]c(CNC(=O)CN3C(=O)CNC3=O)cc2c1. The summed E-state index contributed by atoms with van der Waals surface area (Å²) in [6.45, 7) is -0.0613. The summed E-state index contributed by atoms with van der Waals surface area (Å²) < 4.78 is 5.17. The molecule has 0 aliphatic carbocycles. The molecule has 120 valence electrons. The number of carbonyl (C=O) groups is 3. The summed E-state index contributed by atoms with van der Waals surface area (Å²) in [5.41, 5.74) is 1.75. The molecular formula is C15H16N4O4. The summed E-state index contributed by atoms with van der Waals surface area (Å²) in [4.78, 5) is 38.7. The van der Waals surface area contributed by atoms with Crippen LogP contribution in [0.15, 0.2) is 24.3 Å².